The van der Waals surface area contributed by atoms with Crippen molar-refractivity contribution in [2.45, 2.75) is 19.3 Å². The smallest absolute Gasteiger partial charge is 0.143 e. The molecule has 10 rings (SSSR count). The Morgan fingerprint density at radius 1 is 0.510 bits per heavy atom. The van der Waals surface area contributed by atoms with Gasteiger partial charge >= 0.3 is 0 Å². The Balaban J connectivity index is 1.24. The Morgan fingerprint density at radius 3 is 2.00 bits per heavy atom. The van der Waals surface area contributed by atoms with Crippen molar-refractivity contribution in [3.05, 3.63) is 181 Å². The fourth-order valence-corrected chi connectivity index (χ4v) is 8.11. The minimum absolute atomic E-state index is 0.171. The van der Waals surface area contributed by atoms with Crippen LogP contribution in [0.15, 0.2) is 174 Å². The molecular formula is C48H34N2O. The molecule has 2 heterocycles. The Morgan fingerprint density at radius 2 is 1.20 bits per heavy atom. The van der Waals surface area contributed by atoms with Gasteiger partial charge in [0.25, 0.3) is 0 Å². The number of hydrogen-bond acceptors (Lipinski definition) is 3. The molecule has 0 spiro atoms. The summed E-state index contributed by atoms with van der Waals surface area (Å²) in [6, 6.07) is 58.5. The van der Waals surface area contributed by atoms with E-state index in [1.807, 2.05) is 6.20 Å². The van der Waals surface area contributed by atoms with E-state index in [-0.39, 0.29) is 5.41 Å². The Hall–Kier alpha value is -6.45. The molecule has 0 radical (unpaired) electrons. The van der Waals surface area contributed by atoms with Gasteiger partial charge in [-0.3, -0.25) is 4.90 Å². The number of pyridine rings is 1. The van der Waals surface area contributed by atoms with Crippen LogP contribution in [0.1, 0.15) is 25.0 Å². The predicted molar refractivity (Wildman–Crippen MR) is 212 cm³/mol. The maximum absolute atomic E-state index is 6.70. The number of aromatic nitrogens is 1. The zero-order chi connectivity index (χ0) is 34.1. The number of furan rings is 1. The predicted octanol–water partition coefficient (Wildman–Crippen LogP) is 13.2. The minimum atomic E-state index is -0.171. The largest absolute Gasteiger partial charge is 0.455 e. The summed E-state index contributed by atoms with van der Waals surface area (Å²) in [5, 5.41) is 4.34. The topological polar surface area (TPSA) is 29.3 Å². The van der Waals surface area contributed by atoms with Gasteiger partial charge in [0.2, 0.25) is 0 Å². The van der Waals surface area contributed by atoms with E-state index >= 15 is 0 Å². The highest BCUT2D eigenvalue weighted by atomic mass is 16.3. The lowest BCUT2D eigenvalue weighted by Crippen LogP contribution is -2.17. The van der Waals surface area contributed by atoms with Gasteiger partial charge in [-0.25, -0.2) is 4.98 Å². The maximum Gasteiger partial charge on any atom is 0.143 e. The average molecular weight is 655 g/mol. The highest BCUT2D eigenvalue weighted by Crippen LogP contribution is 2.53. The Kier molecular flexibility index (Phi) is 6.53. The average Bonchev–Trinajstić information content (AvgIpc) is 3.67. The van der Waals surface area contributed by atoms with Gasteiger partial charge in [0.15, 0.2) is 0 Å². The summed E-state index contributed by atoms with van der Waals surface area (Å²) in [4.78, 5) is 7.52. The van der Waals surface area contributed by atoms with E-state index in [0.717, 1.165) is 61.0 Å². The zero-order valence-corrected chi connectivity index (χ0v) is 28.5. The normalized spacial score (nSPS) is 13.1. The number of fused-ring (bicyclic) bond motifs is 8. The molecule has 51 heavy (non-hydrogen) atoms. The molecule has 7 aromatic carbocycles. The molecule has 0 amide bonds. The molecule has 0 bridgehead atoms. The van der Waals surface area contributed by atoms with Crippen LogP contribution in [0.25, 0.3) is 66.1 Å². The van der Waals surface area contributed by atoms with Crippen LogP contribution in [0.3, 0.4) is 0 Å². The van der Waals surface area contributed by atoms with E-state index in [9.17, 15) is 0 Å². The summed E-state index contributed by atoms with van der Waals surface area (Å²) in [6.45, 7) is 4.68. The number of rotatable bonds is 5. The highest BCUT2D eigenvalue weighted by molar-refractivity contribution is 6.15. The quantitative estimate of drug-likeness (QED) is 0.185. The van der Waals surface area contributed by atoms with Crippen LogP contribution < -0.4 is 4.90 Å². The van der Waals surface area contributed by atoms with Crippen LogP contribution in [0.2, 0.25) is 0 Å². The molecule has 0 atom stereocenters. The molecule has 3 heteroatoms. The number of hydrogen-bond donors (Lipinski definition) is 0. The second kappa shape index (κ2) is 11.3. The van der Waals surface area contributed by atoms with Crippen molar-refractivity contribution in [2.75, 3.05) is 4.90 Å². The van der Waals surface area contributed by atoms with Gasteiger partial charge in [-0.1, -0.05) is 141 Å². The molecule has 0 N–H and O–H groups in total. The summed E-state index contributed by atoms with van der Waals surface area (Å²) < 4.78 is 6.70. The van der Waals surface area contributed by atoms with Crippen molar-refractivity contribution in [3.63, 3.8) is 0 Å². The van der Waals surface area contributed by atoms with Crippen molar-refractivity contribution in [1.29, 1.82) is 0 Å². The standard InChI is InChI=1S/C48H34N2O/c1-48(2)42-20-12-11-19-37(42)40-27-39(33-15-7-4-8-16-33)44(28-43(40)48)50(35-24-21-32(22-25-35)31-13-5-3-6-14-31)46-29-45-41(30-49-46)38-26-23-34-17-9-10-18-36(34)47(38)51-45/h3-30H,1-2H3. The minimum Gasteiger partial charge on any atom is -0.455 e. The highest BCUT2D eigenvalue weighted by Gasteiger charge is 2.37. The molecule has 1 aliphatic rings. The third-order valence-corrected chi connectivity index (χ3v) is 10.7. The van der Waals surface area contributed by atoms with Gasteiger partial charge in [0, 0.05) is 45.1 Å². The van der Waals surface area contributed by atoms with Crippen LogP contribution >= 0.6 is 0 Å². The lowest BCUT2D eigenvalue weighted by atomic mass is 9.81. The monoisotopic (exact) mass is 654 g/mol. The Labute approximate surface area is 297 Å². The fraction of sp³-hybridized carbons (Fsp3) is 0.0625. The first-order valence-corrected chi connectivity index (χ1v) is 17.5. The van der Waals surface area contributed by atoms with Gasteiger partial charge < -0.3 is 4.42 Å². The summed E-state index contributed by atoms with van der Waals surface area (Å²) in [6.07, 6.45) is 1.98. The number of nitrogens with zero attached hydrogens (tertiary/aromatic N) is 2. The van der Waals surface area contributed by atoms with E-state index in [1.165, 1.54) is 33.4 Å². The molecule has 3 nitrogen and oxygen atoms in total. The van der Waals surface area contributed by atoms with E-state index in [4.69, 9.17) is 9.40 Å². The van der Waals surface area contributed by atoms with Gasteiger partial charge in [-0.15, -0.1) is 0 Å². The van der Waals surface area contributed by atoms with Gasteiger partial charge in [-0.2, -0.15) is 0 Å². The Bertz CT molecular complexity index is 2760. The van der Waals surface area contributed by atoms with Crippen molar-refractivity contribution in [2.24, 2.45) is 0 Å². The maximum atomic E-state index is 6.70. The summed E-state index contributed by atoms with van der Waals surface area (Å²) >= 11 is 0. The van der Waals surface area contributed by atoms with Gasteiger partial charge in [0.05, 0.1) is 5.69 Å². The van der Waals surface area contributed by atoms with E-state index in [2.05, 4.69) is 183 Å². The molecule has 1 aliphatic carbocycles. The number of benzene rings is 7. The molecule has 242 valence electrons. The van der Waals surface area contributed by atoms with Crippen LogP contribution in [0.5, 0.6) is 0 Å². The SMILES string of the molecule is CC1(C)c2ccccc2-c2cc(-c3ccccc3)c(N(c3ccc(-c4ccccc4)cc3)c3cc4oc5c6ccccc6ccc5c4cn3)cc21. The van der Waals surface area contributed by atoms with Crippen molar-refractivity contribution < 1.29 is 4.42 Å². The molecular weight excluding hydrogens is 621 g/mol. The van der Waals surface area contributed by atoms with Crippen LogP contribution in [-0.4, -0.2) is 4.98 Å². The van der Waals surface area contributed by atoms with Crippen LogP contribution in [0, 0.1) is 0 Å². The third kappa shape index (κ3) is 4.62. The van der Waals surface area contributed by atoms with Crippen molar-refractivity contribution in [3.8, 4) is 33.4 Å². The molecule has 0 saturated carbocycles. The third-order valence-electron chi connectivity index (χ3n) is 10.7. The molecule has 9 aromatic rings. The second-order valence-electron chi connectivity index (χ2n) is 14.0. The molecule has 0 aliphatic heterocycles. The van der Waals surface area contributed by atoms with E-state index in [1.54, 1.807) is 0 Å². The molecule has 0 saturated heterocycles. The van der Waals surface area contributed by atoms with Crippen molar-refractivity contribution >= 4 is 49.9 Å². The molecule has 0 unspecified atom stereocenters. The first-order valence-electron chi connectivity index (χ1n) is 17.5. The van der Waals surface area contributed by atoms with Crippen LogP contribution in [0.4, 0.5) is 17.2 Å². The van der Waals surface area contributed by atoms with Crippen LogP contribution in [-0.2, 0) is 5.41 Å². The summed E-state index contributed by atoms with van der Waals surface area (Å²) in [5.41, 5.74) is 13.5. The zero-order valence-electron chi connectivity index (χ0n) is 28.5. The number of anilines is 3. The van der Waals surface area contributed by atoms with E-state index < -0.39 is 0 Å². The lowest BCUT2D eigenvalue weighted by Gasteiger charge is -2.29. The first kappa shape index (κ1) is 29.5. The second-order valence-corrected chi connectivity index (χ2v) is 14.0. The summed E-state index contributed by atoms with van der Waals surface area (Å²) in [7, 11) is 0. The van der Waals surface area contributed by atoms with Crippen molar-refractivity contribution in [1.82, 2.24) is 4.98 Å². The van der Waals surface area contributed by atoms with Gasteiger partial charge in [0.1, 0.15) is 17.0 Å². The first-order chi connectivity index (χ1) is 25.0. The molecule has 2 aromatic heterocycles. The summed E-state index contributed by atoms with van der Waals surface area (Å²) in [5.74, 6) is 0.795. The lowest BCUT2D eigenvalue weighted by molar-refractivity contribution is 0.660. The van der Waals surface area contributed by atoms with E-state index in [0.29, 0.717) is 0 Å². The van der Waals surface area contributed by atoms with Gasteiger partial charge in [-0.05, 0) is 74.7 Å². The molecule has 0 fully saturated rings. The fourth-order valence-electron chi connectivity index (χ4n) is 8.11.